The summed E-state index contributed by atoms with van der Waals surface area (Å²) in [4.78, 5) is 0. The molecule has 0 atom stereocenters. The van der Waals surface area contributed by atoms with Crippen molar-refractivity contribution in [1.82, 2.24) is 0 Å². The number of halogens is 1. The second kappa shape index (κ2) is 6.25. The van der Waals surface area contributed by atoms with Crippen LogP contribution in [0.4, 0.5) is 0 Å². The van der Waals surface area contributed by atoms with Gasteiger partial charge in [0.25, 0.3) is 0 Å². The fourth-order valence-corrected chi connectivity index (χ4v) is 2.72. The van der Waals surface area contributed by atoms with E-state index in [4.69, 9.17) is 16.3 Å². The molecular weight excluding hydrogens is 292 g/mol. The average molecular weight is 309 g/mol. The van der Waals surface area contributed by atoms with E-state index in [1.165, 1.54) is 11.1 Å². The maximum Gasteiger partial charge on any atom is 0.136 e. The van der Waals surface area contributed by atoms with E-state index < -0.39 is 0 Å². The number of ether oxygens (including phenoxy) is 1. The fraction of sp³-hybridized carbons (Fsp3) is 0.100. The number of hydrogen-bond donors (Lipinski definition) is 0. The maximum atomic E-state index is 6.15. The van der Waals surface area contributed by atoms with Crippen molar-refractivity contribution < 1.29 is 4.74 Å². The van der Waals surface area contributed by atoms with Crippen molar-refractivity contribution in [2.45, 2.75) is 13.8 Å². The summed E-state index contributed by atoms with van der Waals surface area (Å²) in [5, 5.41) is 0.666. The first-order valence-corrected chi connectivity index (χ1v) is 7.61. The van der Waals surface area contributed by atoms with Gasteiger partial charge in [-0.3, -0.25) is 0 Å². The number of rotatable bonds is 3. The van der Waals surface area contributed by atoms with Crippen LogP contribution in [0.15, 0.2) is 66.7 Å². The summed E-state index contributed by atoms with van der Waals surface area (Å²) in [6, 6.07) is 22.1. The molecule has 0 bridgehead atoms. The highest BCUT2D eigenvalue weighted by atomic mass is 35.5. The Hall–Kier alpha value is -2.25. The molecule has 1 nitrogen and oxygen atoms in total. The third-order valence-electron chi connectivity index (χ3n) is 3.45. The van der Waals surface area contributed by atoms with Crippen molar-refractivity contribution in [3.8, 4) is 22.6 Å². The first-order valence-electron chi connectivity index (χ1n) is 7.23. The standard InChI is InChI=1S/C20H17ClO/c1-14-10-15(2)12-18(11-14)22-20-13-17(21)8-9-19(20)16-6-4-3-5-7-16/h3-13H,1-2H3. The highest BCUT2D eigenvalue weighted by Gasteiger charge is 2.09. The molecule has 0 N–H and O–H groups in total. The minimum Gasteiger partial charge on any atom is -0.457 e. The van der Waals surface area contributed by atoms with Crippen LogP contribution in [0.5, 0.6) is 11.5 Å². The third-order valence-corrected chi connectivity index (χ3v) is 3.69. The number of hydrogen-bond acceptors (Lipinski definition) is 1. The minimum absolute atomic E-state index is 0.666. The molecule has 0 saturated heterocycles. The van der Waals surface area contributed by atoms with E-state index in [-0.39, 0.29) is 0 Å². The Morgan fingerprint density at radius 3 is 2.14 bits per heavy atom. The van der Waals surface area contributed by atoms with Gasteiger partial charge < -0.3 is 4.74 Å². The van der Waals surface area contributed by atoms with E-state index in [9.17, 15) is 0 Å². The molecule has 0 amide bonds. The summed E-state index contributed by atoms with van der Waals surface area (Å²) in [6.07, 6.45) is 0. The van der Waals surface area contributed by atoms with Crippen LogP contribution in [0.1, 0.15) is 11.1 Å². The highest BCUT2D eigenvalue weighted by molar-refractivity contribution is 6.30. The SMILES string of the molecule is Cc1cc(C)cc(Oc2cc(Cl)ccc2-c2ccccc2)c1. The molecule has 110 valence electrons. The molecule has 3 rings (SSSR count). The van der Waals surface area contributed by atoms with Crippen LogP contribution in [0, 0.1) is 13.8 Å². The number of aryl methyl sites for hydroxylation is 2. The largest absolute Gasteiger partial charge is 0.457 e. The van der Waals surface area contributed by atoms with Crippen molar-refractivity contribution in [3.63, 3.8) is 0 Å². The Morgan fingerprint density at radius 1 is 0.773 bits per heavy atom. The van der Waals surface area contributed by atoms with Gasteiger partial charge in [-0.1, -0.05) is 48.0 Å². The molecule has 2 heteroatoms. The van der Waals surface area contributed by atoms with Gasteiger partial charge in [-0.2, -0.15) is 0 Å². The molecule has 0 aliphatic heterocycles. The Labute approximate surface area is 136 Å². The molecule has 0 spiro atoms. The van der Waals surface area contributed by atoms with Crippen LogP contribution in [0.3, 0.4) is 0 Å². The van der Waals surface area contributed by atoms with Crippen molar-refractivity contribution >= 4 is 11.6 Å². The zero-order chi connectivity index (χ0) is 15.5. The Morgan fingerprint density at radius 2 is 1.45 bits per heavy atom. The Kier molecular flexibility index (Phi) is 4.17. The lowest BCUT2D eigenvalue weighted by Crippen LogP contribution is -1.90. The lowest BCUT2D eigenvalue weighted by Gasteiger charge is -2.13. The molecule has 3 aromatic rings. The van der Waals surface area contributed by atoms with Crippen LogP contribution in [-0.4, -0.2) is 0 Å². The molecule has 0 unspecified atom stereocenters. The molecule has 3 aromatic carbocycles. The molecule has 0 fully saturated rings. The van der Waals surface area contributed by atoms with Gasteiger partial charge in [0.1, 0.15) is 11.5 Å². The molecule has 0 aliphatic carbocycles. The fourth-order valence-electron chi connectivity index (χ4n) is 2.56. The van der Waals surface area contributed by atoms with Crippen LogP contribution >= 0.6 is 11.6 Å². The molecular formula is C20H17ClO. The molecule has 0 aromatic heterocycles. The minimum atomic E-state index is 0.666. The van der Waals surface area contributed by atoms with Gasteiger partial charge in [-0.05, 0) is 54.8 Å². The molecule has 0 heterocycles. The van der Waals surface area contributed by atoms with Crippen molar-refractivity contribution in [3.05, 3.63) is 82.9 Å². The van der Waals surface area contributed by atoms with Gasteiger partial charge in [-0.15, -0.1) is 0 Å². The summed E-state index contributed by atoms with van der Waals surface area (Å²) in [7, 11) is 0. The second-order valence-corrected chi connectivity index (χ2v) is 5.87. The maximum absolute atomic E-state index is 6.15. The molecule has 0 radical (unpaired) electrons. The van der Waals surface area contributed by atoms with E-state index in [1.807, 2.05) is 48.5 Å². The van der Waals surface area contributed by atoms with E-state index in [2.05, 4.69) is 32.0 Å². The van der Waals surface area contributed by atoms with E-state index >= 15 is 0 Å². The first kappa shape index (κ1) is 14.7. The van der Waals surface area contributed by atoms with Crippen LogP contribution in [-0.2, 0) is 0 Å². The Bertz CT molecular complexity index is 774. The van der Waals surface area contributed by atoms with Gasteiger partial charge in [0.05, 0.1) is 0 Å². The topological polar surface area (TPSA) is 9.23 Å². The van der Waals surface area contributed by atoms with Gasteiger partial charge in [-0.25, -0.2) is 0 Å². The van der Waals surface area contributed by atoms with Gasteiger partial charge >= 0.3 is 0 Å². The predicted molar refractivity (Wildman–Crippen MR) is 92.9 cm³/mol. The summed E-state index contributed by atoms with van der Waals surface area (Å²) < 4.78 is 6.12. The lowest BCUT2D eigenvalue weighted by atomic mass is 10.0. The molecule has 0 aliphatic rings. The van der Waals surface area contributed by atoms with Gasteiger partial charge in [0.15, 0.2) is 0 Å². The third kappa shape index (κ3) is 3.32. The van der Waals surface area contributed by atoms with Crippen LogP contribution in [0.25, 0.3) is 11.1 Å². The first-order chi connectivity index (χ1) is 10.6. The van der Waals surface area contributed by atoms with Crippen molar-refractivity contribution in [2.75, 3.05) is 0 Å². The predicted octanol–water partition coefficient (Wildman–Crippen LogP) is 6.42. The highest BCUT2D eigenvalue weighted by Crippen LogP contribution is 2.35. The lowest BCUT2D eigenvalue weighted by molar-refractivity contribution is 0.483. The number of benzene rings is 3. The second-order valence-electron chi connectivity index (χ2n) is 5.43. The molecule has 0 saturated carbocycles. The summed E-state index contributed by atoms with van der Waals surface area (Å²) in [5.74, 6) is 1.60. The van der Waals surface area contributed by atoms with E-state index in [0.717, 1.165) is 22.6 Å². The summed E-state index contributed by atoms with van der Waals surface area (Å²) in [6.45, 7) is 4.13. The van der Waals surface area contributed by atoms with Gasteiger partial charge in [0.2, 0.25) is 0 Å². The smallest absolute Gasteiger partial charge is 0.136 e. The van der Waals surface area contributed by atoms with Gasteiger partial charge in [0, 0.05) is 16.7 Å². The monoisotopic (exact) mass is 308 g/mol. The van der Waals surface area contributed by atoms with Crippen molar-refractivity contribution in [1.29, 1.82) is 0 Å². The van der Waals surface area contributed by atoms with E-state index in [1.54, 1.807) is 0 Å². The summed E-state index contributed by atoms with van der Waals surface area (Å²) >= 11 is 6.15. The zero-order valence-electron chi connectivity index (χ0n) is 12.6. The molecule has 22 heavy (non-hydrogen) atoms. The zero-order valence-corrected chi connectivity index (χ0v) is 13.4. The van der Waals surface area contributed by atoms with Crippen LogP contribution in [0.2, 0.25) is 5.02 Å². The van der Waals surface area contributed by atoms with Crippen molar-refractivity contribution in [2.24, 2.45) is 0 Å². The summed E-state index contributed by atoms with van der Waals surface area (Å²) in [5.41, 5.74) is 4.50. The quantitative estimate of drug-likeness (QED) is 0.542. The average Bonchev–Trinajstić information content (AvgIpc) is 2.47. The normalized spacial score (nSPS) is 10.5. The Balaban J connectivity index is 2.04. The van der Waals surface area contributed by atoms with E-state index in [0.29, 0.717) is 5.02 Å². The van der Waals surface area contributed by atoms with Crippen LogP contribution < -0.4 is 4.74 Å².